The van der Waals surface area contributed by atoms with Gasteiger partial charge in [-0.1, -0.05) is 133 Å². The maximum atomic E-state index is 2.40. The SMILES string of the molecule is Cc1ccc(N(c2ccc(/C=C/c3ccccc3)cc2)c2ccc3c4cccc5cccc(c6cccc2c63)c54)cc1. The molecule has 0 N–H and O–H groups in total. The van der Waals surface area contributed by atoms with Crippen molar-refractivity contribution in [3.8, 4) is 0 Å². The molecular weight excluding hydrogens is 506 g/mol. The van der Waals surface area contributed by atoms with Crippen molar-refractivity contribution in [2.24, 2.45) is 0 Å². The highest BCUT2D eigenvalue weighted by Crippen LogP contribution is 2.45. The van der Waals surface area contributed by atoms with Crippen LogP contribution in [0.2, 0.25) is 0 Å². The molecule has 8 aromatic carbocycles. The molecule has 1 heteroatoms. The molecule has 1 nitrogen and oxygen atoms in total. The fraction of sp³-hybridized carbons (Fsp3) is 0.0244. The fourth-order valence-electron chi connectivity index (χ4n) is 6.44. The van der Waals surface area contributed by atoms with Gasteiger partial charge in [-0.2, -0.15) is 0 Å². The molecule has 0 saturated heterocycles. The van der Waals surface area contributed by atoms with Crippen molar-refractivity contribution >= 4 is 72.3 Å². The predicted octanol–water partition coefficient (Wildman–Crippen LogP) is 11.7. The molecule has 0 unspecified atom stereocenters. The van der Waals surface area contributed by atoms with Crippen LogP contribution in [-0.4, -0.2) is 0 Å². The van der Waals surface area contributed by atoms with E-state index in [0.29, 0.717) is 0 Å². The predicted molar refractivity (Wildman–Crippen MR) is 182 cm³/mol. The zero-order valence-corrected chi connectivity index (χ0v) is 23.5. The molecule has 8 rings (SSSR count). The number of aryl methyl sites for hydroxylation is 1. The Morgan fingerprint density at radius 1 is 0.405 bits per heavy atom. The van der Waals surface area contributed by atoms with Gasteiger partial charge in [0, 0.05) is 16.8 Å². The van der Waals surface area contributed by atoms with Gasteiger partial charge in [-0.3, -0.25) is 0 Å². The molecule has 0 spiro atoms. The van der Waals surface area contributed by atoms with Gasteiger partial charge in [0.25, 0.3) is 0 Å². The van der Waals surface area contributed by atoms with E-state index in [1.807, 2.05) is 6.07 Å². The first-order valence-corrected chi connectivity index (χ1v) is 14.5. The van der Waals surface area contributed by atoms with Gasteiger partial charge < -0.3 is 4.90 Å². The van der Waals surface area contributed by atoms with Gasteiger partial charge in [-0.05, 0) is 86.1 Å². The molecule has 198 valence electrons. The Bertz CT molecular complexity index is 2170. The number of hydrogen-bond acceptors (Lipinski definition) is 1. The minimum absolute atomic E-state index is 1.13. The molecule has 0 aliphatic heterocycles. The van der Waals surface area contributed by atoms with Gasteiger partial charge in [0.15, 0.2) is 0 Å². The van der Waals surface area contributed by atoms with Crippen LogP contribution in [0.1, 0.15) is 16.7 Å². The first kappa shape index (κ1) is 24.4. The van der Waals surface area contributed by atoms with E-state index < -0.39 is 0 Å². The summed E-state index contributed by atoms with van der Waals surface area (Å²) in [5.41, 5.74) is 7.08. The van der Waals surface area contributed by atoms with E-state index in [9.17, 15) is 0 Å². The Kier molecular flexibility index (Phi) is 5.75. The summed E-state index contributed by atoms with van der Waals surface area (Å²) in [7, 11) is 0. The van der Waals surface area contributed by atoms with E-state index in [2.05, 4.69) is 164 Å². The smallest absolute Gasteiger partial charge is 0.0540 e. The lowest BCUT2D eigenvalue weighted by atomic mass is 9.89. The third kappa shape index (κ3) is 4.02. The Morgan fingerprint density at radius 2 is 0.929 bits per heavy atom. The molecule has 0 radical (unpaired) electrons. The second-order valence-corrected chi connectivity index (χ2v) is 11.1. The van der Waals surface area contributed by atoms with Crippen molar-refractivity contribution in [3.05, 3.63) is 162 Å². The normalized spacial score (nSPS) is 11.8. The molecule has 0 aliphatic rings. The van der Waals surface area contributed by atoms with E-state index in [0.717, 1.165) is 11.4 Å². The number of benzene rings is 8. The highest BCUT2D eigenvalue weighted by atomic mass is 15.1. The van der Waals surface area contributed by atoms with Crippen LogP contribution in [0.3, 0.4) is 0 Å². The third-order valence-corrected chi connectivity index (χ3v) is 8.45. The van der Waals surface area contributed by atoms with Crippen molar-refractivity contribution in [3.63, 3.8) is 0 Å². The summed E-state index contributed by atoms with van der Waals surface area (Å²) in [6.45, 7) is 2.14. The molecule has 0 saturated carbocycles. The Hall–Kier alpha value is -5.40. The standard InChI is InChI=1S/C41H29N/c1-28-16-22-32(23-17-28)42(33-24-20-30(21-25-33)19-18-29-8-3-2-4-9-29)39-27-26-37-35-13-6-11-31-10-5-12-34(40(31)35)36-14-7-15-38(39)41(36)37/h2-27H,1H3/b19-18+. The monoisotopic (exact) mass is 535 g/mol. The molecule has 0 heterocycles. The lowest BCUT2D eigenvalue weighted by molar-refractivity contribution is 1.29. The second-order valence-electron chi connectivity index (χ2n) is 11.1. The van der Waals surface area contributed by atoms with Crippen LogP contribution in [-0.2, 0) is 0 Å². The molecular formula is C41H29N. The largest absolute Gasteiger partial charge is 0.310 e. The van der Waals surface area contributed by atoms with Crippen molar-refractivity contribution in [2.45, 2.75) is 6.92 Å². The molecule has 0 aromatic heterocycles. The lowest BCUT2D eigenvalue weighted by Gasteiger charge is -2.28. The van der Waals surface area contributed by atoms with Gasteiger partial charge in [-0.15, -0.1) is 0 Å². The van der Waals surface area contributed by atoms with E-state index in [-0.39, 0.29) is 0 Å². The molecule has 8 aromatic rings. The third-order valence-electron chi connectivity index (χ3n) is 8.45. The van der Waals surface area contributed by atoms with E-state index in [4.69, 9.17) is 0 Å². The molecule has 0 amide bonds. The molecule has 42 heavy (non-hydrogen) atoms. The van der Waals surface area contributed by atoms with Gasteiger partial charge in [-0.25, -0.2) is 0 Å². The van der Waals surface area contributed by atoms with Crippen LogP contribution in [0, 0.1) is 6.92 Å². The number of fused-ring (bicyclic) bond motifs is 2. The Labute approximate surface area is 245 Å². The second kappa shape index (κ2) is 9.90. The average Bonchev–Trinajstić information content (AvgIpc) is 3.05. The van der Waals surface area contributed by atoms with Crippen molar-refractivity contribution in [1.29, 1.82) is 0 Å². The first-order valence-electron chi connectivity index (χ1n) is 14.5. The highest BCUT2D eigenvalue weighted by Gasteiger charge is 2.19. The van der Waals surface area contributed by atoms with Gasteiger partial charge in [0.2, 0.25) is 0 Å². The minimum atomic E-state index is 1.13. The topological polar surface area (TPSA) is 3.24 Å². The van der Waals surface area contributed by atoms with E-state index in [1.165, 1.54) is 65.5 Å². The molecule has 0 bridgehead atoms. The number of anilines is 3. The summed E-state index contributed by atoms with van der Waals surface area (Å²) in [4.78, 5) is 2.40. The van der Waals surface area contributed by atoms with Gasteiger partial charge in [0.1, 0.15) is 0 Å². The van der Waals surface area contributed by atoms with Crippen LogP contribution in [0.25, 0.3) is 55.2 Å². The van der Waals surface area contributed by atoms with E-state index in [1.54, 1.807) is 0 Å². The van der Waals surface area contributed by atoms with Gasteiger partial charge in [0.05, 0.1) is 5.69 Å². The molecule has 0 aliphatic carbocycles. The number of rotatable bonds is 5. The fourth-order valence-corrected chi connectivity index (χ4v) is 6.44. The summed E-state index contributed by atoms with van der Waals surface area (Å²) >= 11 is 0. The quantitative estimate of drug-likeness (QED) is 0.120. The maximum absolute atomic E-state index is 2.40. The number of nitrogens with zero attached hydrogens (tertiary/aromatic N) is 1. The zero-order valence-electron chi connectivity index (χ0n) is 23.5. The maximum Gasteiger partial charge on any atom is 0.0540 e. The van der Waals surface area contributed by atoms with Crippen molar-refractivity contribution in [2.75, 3.05) is 4.90 Å². The summed E-state index contributed by atoms with van der Waals surface area (Å²) in [5, 5.41) is 10.5. The number of hydrogen-bond donors (Lipinski definition) is 0. The summed E-state index contributed by atoms with van der Waals surface area (Å²) in [6.07, 6.45) is 4.34. The lowest BCUT2D eigenvalue weighted by Crippen LogP contribution is -2.10. The Morgan fingerprint density at radius 3 is 1.60 bits per heavy atom. The van der Waals surface area contributed by atoms with E-state index >= 15 is 0 Å². The summed E-state index contributed by atoms with van der Waals surface area (Å²) < 4.78 is 0. The zero-order chi connectivity index (χ0) is 28.0. The van der Waals surface area contributed by atoms with Crippen molar-refractivity contribution in [1.82, 2.24) is 0 Å². The molecule has 0 atom stereocenters. The Balaban J connectivity index is 1.33. The summed E-state index contributed by atoms with van der Waals surface area (Å²) in [6, 6.07) is 52.9. The molecule has 0 fully saturated rings. The summed E-state index contributed by atoms with van der Waals surface area (Å²) in [5.74, 6) is 0. The van der Waals surface area contributed by atoms with Crippen LogP contribution >= 0.6 is 0 Å². The van der Waals surface area contributed by atoms with Crippen LogP contribution in [0.4, 0.5) is 17.1 Å². The highest BCUT2D eigenvalue weighted by molar-refractivity contribution is 6.34. The minimum Gasteiger partial charge on any atom is -0.310 e. The first-order chi connectivity index (χ1) is 20.7. The van der Waals surface area contributed by atoms with Crippen LogP contribution < -0.4 is 4.90 Å². The van der Waals surface area contributed by atoms with Crippen LogP contribution in [0.5, 0.6) is 0 Å². The van der Waals surface area contributed by atoms with Crippen LogP contribution in [0.15, 0.2) is 146 Å². The van der Waals surface area contributed by atoms with Gasteiger partial charge >= 0.3 is 0 Å². The van der Waals surface area contributed by atoms with Crippen molar-refractivity contribution < 1.29 is 0 Å². The average molecular weight is 536 g/mol.